The third kappa shape index (κ3) is 1.73. The van der Waals surface area contributed by atoms with Crippen LogP contribution in [0, 0.1) is 5.41 Å². The maximum atomic E-state index is 12.8. The highest BCUT2D eigenvalue weighted by Gasteiger charge is 2.59. The van der Waals surface area contributed by atoms with Crippen molar-refractivity contribution in [1.82, 2.24) is 0 Å². The molecule has 1 aliphatic carbocycles. The quantitative estimate of drug-likeness (QED) is 0.656. The second-order valence-electron chi connectivity index (χ2n) is 4.38. The molecule has 0 aromatic heterocycles. The molecule has 2 rings (SSSR count). The summed E-state index contributed by atoms with van der Waals surface area (Å²) in [7, 11) is 0. The third-order valence-corrected chi connectivity index (χ3v) is 3.51. The van der Waals surface area contributed by atoms with Crippen molar-refractivity contribution in [2.75, 3.05) is 13.2 Å². The highest BCUT2D eigenvalue weighted by Crippen LogP contribution is 2.51. The van der Waals surface area contributed by atoms with Crippen LogP contribution in [0.4, 0.5) is 13.2 Å². The second kappa shape index (κ2) is 3.70. The minimum atomic E-state index is -4.48. The van der Waals surface area contributed by atoms with E-state index in [4.69, 9.17) is 9.47 Å². The summed E-state index contributed by atoms with van der Waals surface area (Å²) in [6.07, 6.45) is -4.68. The molecule has 2 aliphatic rings. The first-order valence-corrected chi connectivity index (χ1v) is 5.24. The highest BCUT2D eigenvalue weighted by molar-refractivity contribution is 5.61. The van der Waals surface area contributed by atoms with Gasteiger partial charge in [0.25, 0.3) is 0 Å². The van der Waals surface area contributed by atoms with Crippen molar-refractivity contribution < 1.29 is 27.4 Å². The molecule has 6 heteroatoms. The van der Waals surface area contributed by atoms with Gasteiger partial charge >= 0.3 is 6.18 Å². The van der Waals surface area contributed by atoms with Gasteiger partial charge in [0.1, 0.15) is 11.7 Å². The predicted molar refractivity (Wildman–Crippen MR) is 47.7 cm³/mol. The van der Waals surface area contributed by atoms with Crippen LogP contribution in [0.15, 0.2) is 0 Å². The summed E-state index contributed by atoms with van der Waals surface area (Å²) in [5.74, 6) is -0.863. The predicted octanol–water partition coefficient (Wildman–Crippen LogP) is 2.05. The van der Waals surface area contributed by atoms with Gasteiger partial charge in [-0.2, -0.15) is 13.2 Å². The first-order valence-electron chi connectivity index (χ1n) is 5.24. The van der Waals surface area contributed by atoms with Crippen LogP contribution in [0.5, 0.6) is 0 Å². The Labute approximate surface area is 90.9 Å². The lowest BCUT2D eigenvalue weighted by molar-refractivity contribution is -0.254. The normalized spacial score (nSPS) is 28.2. The number of halogens is 3. The number of rotatable bonds is 1. The fourth-order valence-corrected chi connectivity index (χ4v) is 2.33. The molecule has 0 radical (unpaired) electrons. The number of aldehydes is 1. The zero-order valence-corrected chi connectivity index (χ0v) is 8.68. The topological polar surface area (TPSA) is 35.5 Å². The van der Waals surface area contributed by atoms with Crippen LogP contribution in [-0.2, 0) is 14.3 Å². The molecule has 0 atom stereocenters. The molecule has 3 nitrogen and oxygen atoms in total. The van der Waals surface area contributed by atoms with Gasteiger partial charge in [0.2, 0.25) is 0 Å². The molecular weight excluding hydrogens is 225 g/mol. The van der Waals surface area contributed by atoms with Gasteiger partial charge in [-0.25, -0.2) is 0 Å². The van der Waals surface area contributed by atoms with Crippen molar-refractivity contribution in [2.24, 2.45) is 5.41 Å². The number of carbonyl (C=O) groups excluding carboxylic acids is 1. The van der Waals surface area contributed by atoms with Gasteiger partial charge in [-0.05, 0) is 12.8 Å². The van der Waals surface area contributed by atoms with Crippen LogP contribution in [-0.4, -0.2) is 31.5 Å². The van der Waals surface area contributed by atoms with E-state index in [1.807, 2.05) is 0 Å². The van der Waals surface area contributed by atoms with Crippen LogP contribution in [0.25, 0.3) is 0 Å². The van der Waals surface area contributed by atoms with Crippen molar-refractivity contribution in [3.05, 3.63) is 0 Å². The fraction of sp³-hybridized carbons (Fsp3) is 0.900. The SMILES string of the molecule is O=CC1(C(F)(F)F)CCC2(CC1)OCCO2. The zero-order chi connectivity index (χ0) is 11.9. The van der Waals surface area contributed by atoms with Crippen molar-refractivity contribution >= 4 is 6.29 Å². The van der Waals surface area contributed by atoms with E-state index in [0.29, 0.717) is 13.2 Å². The van der Waals surface area contributed by atoms with E-state index in [-0.39, 0.29) is 32.0 Å². The van der Waals surface area contributed by atoms with Crippen LogP contribution in [0.1, 0.15) is 25.7 Å². The molecule has 1 saturated carbocycles. The maximum Gasteiger partial charge on any atom is 0.401 e. The van der Waals surface area contributed by atoms with Crippen LogP contribution in [0.3, 0.4) is 0 Å². The number of hydrogen-bond acceptors (Lipinski definition) is 3. The standard InChI is InChI=1S/C10H13F3O3/c11-10(12,13)8(7-14)1-3-9(4-2-8)15-5-6-16-9/h7H,1-6H2. The van der Waals surface area contributed by atoms with Gasteiger partial charge in [0, 0.05) is 12.8 Å². The van der Waals surface area contributed by atoms with E-state index in [2.05, 4.69) is 0 Å². The summed E-state index contributed by atoms with van der Waals surface area (Å²) in [6.45, 7) is 0.834. The zero-order valence-electron chi connectivity index (χ0n) is 8.68. The molecular formula is C10H13F3O3. The molecule has 0 unspecified atom stereocenters. The van der Waals surface area contributed by atoms with Crippen LogP contribution in [0.2, 0.25) is 0 Å². The Morgan fingerprint density at radius 1 is 1.00 bits per heavy atom. The number of carbonyl (C=O) groups is 1. The van der Waals surface area contributed by atoms with E-state index in [1.54, 1.807) is 0 Å². The molecule has 1 aliphatic heterocycles. The Bertz CT molecular complexity index is 272. The van der Waals surface area contributed by atoms with Gasteiger partial charge in [-0.3, -0.25) is 0 Å². The van der Waals surface area contributed by atoms with E-state index in [0.717, 1.165) is 0 Å². The lowest BCUT2D eigenvalue weighted by atomic mass is 9.72. The molecule has 1 heterocycles. The molecule has 0 aromatic carbocycles. The van der Waals surface area contributed by atoms with Gasteiger partial charge in [-0.15, -0.1) is 0 Å². The highest BCUT2D eigenvalue weighted by atomic mass is 19.4. The Hall–Kier alpha value is -0.620. The second-order valence-corrected chi connectivity index (χ2v) is 4.38. The summed E-state index contributed by atoms with van der Waals surface area (Å²) in [6, 6.07) is 0. The molecule has 2 fully saturated rings. The summed E-state index contributed by atoms with van der Waals surface area (Å²) in [5.41, 5.74) is -2.20. The third-order valence-electron chi connectivity index (χ3n) is 3.51. The Morgan fingerprint density at radius 2 is 1.50 bits per heavy atom. The minimum absolute atomic E-state index is 0.0365. The molecule has 0 aromatic rings. The number of hydrogen-bond donors (Lipinski definition) is 0. The molecule has 16 heavy (non-hydrogen) atoms. The van der Waals surface area contributed by atoms with Crippen LogP contribution < -0.4 is 0 Å². The first-order chi connectivity index (χ1) is 7.43. The summed E-state index contributed by atoms with van der Waals surface area (Å²) < 4.78 is 48.9. The van der Waals surface area contributed by atoms with Gasteiger partial charge in [0.15, 0.2) is 5.79 Å². The minimum Gasteiger partial charge on any atom is -0.348 e. The average molecular weight is 238 g/mol. The smallest absolute Gasteiger partial charge is 0.348 e. The van der Waals surface area contributed by atoms with Crippen molar-refractivity contribution in [2.45, 2.75) is 37.6 Å². The maximum absolute atomic E-state index is 12.8. The van der Waals surface area contributed by atoms with E-state index in [1.165, 1.54) is 0 Å². The Kier molecular flexibility index (Phi) is 2.74. The van der Waals surface area contributed by atoms with Gasteiger partial charge in [0.05, 0.1) is 13.2 Å². The number of ether oxygens (including phenoxy) is 2. The van der Waals surface area contributed by atoms with Crippen LogP contribution >= 0.6 is 0 Å². The van der Waals surface area contributed by atoms with E-state index >= 15 is 0 Å². The average Bonchev–Trinajstić information content (AvgIpc) is 2.67. The largest absolute Gasteiger partial charge is 0.401 e. The molecule has 92 valence electrons. The number of alkyl halides is 3. The lowest BCUT2D eigenvalue weighted by Crippen LogP contribution is -2.48. The van der Waals surface area contributed by atoms with Crippen molar-refractivity contribution in [3.8, 4) is 0 Å². The summed E-state index contributed by atoms with van der Waals surface area (Å²) in [4.78, 5) is 10.7. The van der Waals surface area contributed by atoms with Gasteiger partial charge in [-0.1, -0.05) is 0 Å². The Balaban J connectivity index is 2.10. The first kappa shape index (κ1) is 11.9. The lowest BCUT2D eigenvalue weighted by Gasteiger charge is -2.41. The summed E-state index contributed by atoms with van der Waals surface area (Å²) >= 11 is 0. The molecule has 0 bridgehead atoms. The molecule has 1 saturated heterocycles. The van der Waals surface area contributed by atoms with Crippen molar-refractivity contribution in [1.29, 1.82) is 0 Å². The monoisotopic (exact) mass is 238 g/mol. The fourth-order valence-electron chi connectivity index (χ4n) is 2.33. The molecule has 1 spiro atoms. The summed E-state index contributed by atoms with van der Waals surface area (Å²) in [5, 5.41) is 0. The van der Waals surface area contributed by atoms with Crippen molar-refractivity contribution in [3.63, 3.8) is 0 Å². The van der Waals surface area contributed by atoms with Gasteiger partial charge < -0.3 is 14.3 Å². The Morgan fingerprint density at radius 3 is 1.88 bits per heavy atom. The van der Waals surface area contributed by atoms with E-state index in [9.17, 15) is 18.0 Å². The van der Waals surface area contributed by atoms with E-state index < -0.39 is 17.4 Å². The molecule has 0 amide bonds. The molecule has 0 N–H and O–H groups in total.